The highest BCUT2D eigenvalue weighted by Crippen LogP contribution is 2.42. The van der Waals surface area contributed by atoms with Crippen LogP contribution in [0.25, 0.3) is 33.3 Å². The summed E-state index contributed by atoms with van der Waals surface area (Å²) < 4.78 is 8.18. The number of hydrogen-bond acceptors (Lipinski definition) is 4. The number of hydrogen-bond donors (Lipinski definition) is 0. The fourth-order valence-corrected chi connectivity index (χ4v) is 6.31. The third-order valence-corrected chi connectivity index (χ3v) is 8.71. The Morgan fingerprint density at radius 1 is 0.930 bits per heavy atom. The average Bonchev–Trinajstić information content (AvgIpc) is 3.33. The summed E-state index contributed by atoms with van der Waals surface area (Å²) in [6, 6.07) is 20.0. The molecular weight excluding hydrogens is 532 g/mol. The van der Waals surface area contributed by atoms with Crippen LogP contribution in [0.4, 0.5) is 0 Å². The third-order valence-electron chi connectivity index (χ3n) is 8.71. The van der Waals surface area contributed by atoms with Crippen molar-refractivity contribution >= 4 is 23.5 Å². The maximum absolute atomic E-state index is 11.3. The molecule has 0 N–H and O–H groups in total. The second-order valence-corrected chi connectivity index (χ2v) is 12.5. The number of carbonyl (C=O) groups is 2. The summed E-state index contributed by atoms with van der Waals surface area (Å²) in [6.07, 6.45) is 12.1. The summed E-state index contributed by atoms with van der Waals surface area (Å²) in [7, 11) is 1.73. The van der Waals surface area contributed by atoms with E-state index in [1.54, 1.807) is 7.11 Å². The number of aldehydes is 2. The molecule has 0 amide bonds. The van der Waals surface area contributed by atoms with Crippen molar-refractivity contribution in [2.24, 2.45) is 5.41 Å². The number of aryl methyl sites for hydroxylation is 2. The first-order valence-corrected chi connectivity index (χ1v) is 15.9. The molecule has 0 spiro atoms. The third kappa shape index (κ3) is 7.88. The molecule has 0 saturated heterocycles. The summed E-state index contributed by atoms with van der Waals surface area (Å²) in [4.78, 5) is 26.7. The van der Waals surface area contributed by atoms with Crippen LogP contribution >= 0.6 is 0 Å². The van der Waals surface area contributed by atoms with Gasteiger partial charge in [-0.15, -0.1) is 0 Å². The molecule has 0 bridgehead atoms. The Morgan fingerprint density at radius 3 is 2.44 bits per heavy atom. The van der Waals surface area contributed by atoms with E-state index in [4.69, 9.17) is 9.72 Å². The molecule has 0 radical (unpaired) electrons. The van der Waals surface area contributed by atoms with Gasteiger partial charge in [-0.05, 0) is 97.9 Å². The smallest absolute Gasteiger partial charge is 0.120 e. The fourth-order valence-electron chi connectivity index (χ4n) is 6.31. The van der Waals surface area contributed by atoms with Crippen LogP contribution in [-0.2, 0) is 33.7 Å². The van der Waals surface area contributed by atoms with Gasteiger partial charge >= 0.3 is 0 Å². The van der Waals surface area contributed by atoms with Gasteiger partial charge in [-0.25, -0.2) is 0 Å². The van der Waals surface area contributed by atoms with E-state index in [1.165, 1.54) is 38.9 Å². The Balaban J connectivity index is 1.81. The van der Waals surface area contributed by atoms with Crippen LogP contribution in [0.15, 0.2) is 60.8 Å². The van der Waals surface area contributed by atoms with Crippen LogP contribution in [0.1, 0.15) is 95.6 Å². The van der Waals surface area contributed by atoms with E-state index < -0.39 is 0 Å². The fraction of sp³-hybridized carbons (Fsp3) is 0.447. The molecule has 2 heterocycles. The van der Waals surface area contributed by atoms with Gasteiger partial charge in [-0.1, -0.05) is 57.0 Å². The minimum absolute atomic E-state index is 0.0561. The lowest BCUT2D eigenvalue weighted by Gasteiger charge is -2.25. The van der Waals surface area contributed by atoms with E-state index in [2.05, 4.69) is 80.8 Å². The average molecular weight is 581 g/mol. The highest BCUT2D eigenvalue weighted by molar-refractivity contribution is 5.95. The Bertz CT molecular complexity index is 1520. The van der Waals surface area contributed by atoms with Crippen molar-refractivity contribution in [3.63, 3.8) is 0 Å². The number of nitrogens with zero attached hydrogens (tertiary/aromatic N) is 2. The minimum atomic E-state index is -0.140. The molecule has 0 aliphatic heterocycles. The standard InChI is InChI=1S/C38H48N2O3/c1-6-40-35-20-19-31(30-17-12-16-29(25-30)15-10-8-7-9-11-23-41)26-33(35)34(27-38(3,4)21-14-24-42)37(40)32-18-13-22-39-36(32)28(2)43-5/h12-13,16-20,22-26,28H,6-11,14-15,21,27H2,1-5H3. The van der Waals surface area contributed by atoms with E-state index in [0.29, 0.717) is 12.8 Å². The van der Waals surface area contributed by atoms with Crippen LogP contribution in [0.5, 0.6) is 0 Å². The van der Waals surface area contributed by atoms with Crippen molar-refractivity contribution < 1.29 is 14.3 Å². The molecule has 1 unspecified atom stereocenters. The summed E-state index contributed by atoms with van der Waals surface area (Å²) in [5, 5.41) is 1.26. The molecule has 5 heteroatoms. The molecule has 0 aliphatic carbocycles. The van der Waals surface area contributed by atoms with Crippen LogP contribution in [0, 0.1) is 5.41 Å². The number of rotatable bonds is 17. The number of methoxy groups -OCH3 is 1. The van der Waals surface area contributed by atoms with Gasteiger partial charge in [0, 0.05) is 49.2 Å². The van der Waals surface area contributed by atoms with Crippen molar-refractivity contribution in [2.75, 3.05) is 7.11 Å². The van der Waals surface area contributed by atoms with Gasteiger partial charge in [0.15, 0.2) is 0 Å². The molecule has 4 rings (SSSR count). The van der Waals surface area contributed by atoms with Crippen LogP contribution in [0.2, 0.25) is 0 Å². The molecule has 0 saturated carbocycles. The van der Waals surface area contributed by atoms with Gasteiger partial charge in [0.05, 0.1) is 17.5 Å². The zero-order valence-electron chi connectivity index (χ0n) is 26.7. The predicted octanol–water partition coefficient (Wildman–Crippen LogP) is 9.34. The summed E-state index contributed by atoms with van der Waals surface area (Å²) in [6.45, 7) is 9.62. The number of unbranched alkanes of at least 4 members (excludes halogenated alkanes) is 4. The summed E-state index contributed by atoms with van der Waals surface area (Å²) in [5.74, 6) is 0. The lowest BCUT2D eigenvalue weighted by molar-refractivity contribution is -0.108. The van der Waals surface area contributed by atoms with Crippen LogP contribution < -0.4 is 0 Å². The van der Waals surface area contributed by atoms with Crippen molar-refractivity contribution in [3.8, 4) is 22.4 Å². The zero-order valence-corrected chi connectivity index (χ0v) is 26.7. The molecule has 5 nitrogen and oxygen atoms in total. The maximum atomic E-state index is 11.3. The summed E-state index contributed by atoms with van der Waals surface area (Å²) in [5.41, 5.74) is 9.50. The van der Waals surface area contributed by atoms with Gasteiger partial charge in [-0.2, -0.15) is 0 Å². The van der Waals surface area contributed by atoms with Crippen molar-refractivity contribution in [1.82, 2.24) is 9.55 Å². The largest absolute Gasteiger partial charge is 0.375 e. The quantitative estimate of drug-likeness (QED) is 0.0922. The van der Waals surface area contributed by atoms with Gasteiger partial charge in [0.2, 0.25) is 0 Å². The molecule has 1 atom stereocenters. The number of benzene rings is 2. The number of fused-ring (bicyclic) bond motifs is 1. The number of carbonyl (C=O) groups excluding carboxylic acids is 2. The van der Waals surface area contributed by atoms with Gasteiger partial charge in [0.1, 0.15) is 12.6 Å². The Hall–Kier alpha value is -3.57. The number of pyridine rings is 1. The normalized spacial score (nSPS) is 12.5. The van der Waals surface area contributed by atoms with E-state index in [9.17, 15) is 9.59 Å². The Kier molecular flexibility index (Phi) is 11.5. The first kappa shape index (κ1) is 32.3. The number of aromatic nitrogens is 2. The highest BCUT2D eigenvalue weighted by atomic mass is 16.5. The van der Waals surface area contributed by atoms with Crippen LogP contribution in [-0.4, -0.2) is 29.2 Å². The second kappa shape index (κ2) is 15.2. The lowest BCUT2D eigenvalue weighted by atomic mass is 9.80. The van der Waals surface area contributed by atoms with E-state index in [1.807, 2.05) is 12.3 Å². The topological polar surface area (TPSA) is 61.2 Å². The SMILES string of the molecule is CCn1c(-c2cccnc2C(C)OC)c(CC(C)(C)CCC=O)c2cc(-c3cccc(CCCCCCC=O)c3)ccc21. The predicted molar refractivity (Wildman–Crippen MR) is 177 cm³/mol. The van der Waals surface area contributed by atoms with E-state index in [-0.39, 0.29) is 11.5 Å². The molecule has 4 aromatic rings. The van der Waals surface area contributed by atoms with Crippen LogP contribution in [0.3, 0.4) is 0 Å². The van der Waals surface area contributed by atoms with Gasteiger partial charge < -0.3 is 18.9 Å². The second-order valence-electron chi connectivity index (χ2n) is 12.5. The molecule has 2 aromatic heterocycles. The van der Waals surface area contributed by atoms with Gasteiger partial charge in [0.25, 0.3) is 0 Å². The molecular formula is C38H48N2O3. The first-order valence-electron chi connectivity index (χ1n) is 15.9. The molecule has 228 valence electrons. The highest BCUT2D eigenvalue weighted by Gasteiger charge is 2.27. The van der Waals surface area contributed by atoms with Crippen molar-refractivity contribution in [2.45, 2.75) is 98.1 Å². The van der Waals surface area contributed by atoms with E-state index >= 15 is 0 Å². The van der Waals surface area contributed by atoms with Crippen molar-refractivity contribution in [1.29, 1.82) is 0 Å². The molecule has 0 aliphatic rings. The zero-order chi connectivity index (χ0) is 30.8. The van der Waals surface area contributed by atoms with E-state index in [0.717, 1.165) is 75.3 Å². The first-order chi connectivity index (χ1) is 20.8. The lowest BCUT2D eigenvalue weighted by Crippen LogP contribution is -2.16. The molecule has 2 aromatic carbocycles. The van der Waals surface area contributed by atoms with Gasteiger partial charge in [-0.3, -0.25) is 4.98 Å². The molecule has 0 fully saturated rings. The monoisotopic (exact) mass is 580 g/mol. The molecule has 43 heavy (non-hydrogen) atoms. The minimum Gasteiger partial charge on any atom is -0.375 e. The van der Waals surface area contributed by atoms with Crippen molar-refractivity contribution in [3.05, 3.63) is 77.6 Å². The summed E-state index contributed by atoms with van der Waals surface area (Å²) >= 11 is 0. The maximum Gasteiger partial charge on any atom is 0.120 e. The number of ether oxygens (including phenoxy) is 1. The Labute approximate surface area is 257 Å². The Morgan fingerprint density at radius 2 is 1.70 bits per heavy atom.